The fourth-order valence-corrected chi connectivity index (χ4v) is 2.73. The first-order valence-corrected chi connectivity index (χ1v) is 7.76. The number of carbonyl (C=O) groups is 1. The number of carbonyl (C=O) groups excluding carboxylic acids is 1. The van der Waals surface area contributed by atoms with Gasteiger partial charge in [0, 0.05) is 25.4 Å². The molecule has 0 bridgehead atoms. The fraction of sp³-hybridized carbons (Fsp3) is 0.438. The summed E-state index contributed by atoms with van der Waals surface area (Å²) in [6, 6.07) is 6.98. The van der Waals surface area contributed by atoms with Crippen LogP contribution in [0.2, 0.25) is 0 Å². The number of methoxy groups -OCH3 is 1. The van der Waals surface area contributed by atoms with Gasteiger partial charge < -0.3 is 19.5 Å². The van der Waals surface area contributed by atoms with E-state index in [9.17, 15) is 9.90 Å². The Morgan fingerprint density at radius 2 is 2.21 bits per heavy atom. The van der Waals surface area contributed by atoms with Crippen molar-refractivity contribution in [3.8, 4) is 11.5 Å². The van der Waals surface area contributed by atoms with Crippen LogP contribution in [-0.4, -0.2) is 63.8 Å². The Balaban J connectivity index is 1.49. The van der Waals surface area contributed by atoms with E-state index in [1.54, 1.807) is 35.2 Å². The molecular weight excluding hydrogens is 312 g/mol. The van der Waals surface area contributed by atoms with Crippen molar-refractivity contribution < 1.29 is 19.4 Å². The molecular formula is C16H20N4O4. The van der Waals surface area contributed by atoms with Crippen molar-refractivity contribution in [3.05, 3.63) is 36.7 Å². The maximum absolute atomic E-state index is 12.3. The van der Waals surface area contributed by atoms with Gasteiger partial charge in [0.25, 0.3) is 0 Å². The Hall–Kier alpha value is -2.61. The van der Waals surface area contributed by atoms with Crippen molar-refractivity contribution in [2.75, 3.05) is 26.8 Å². The zero-order valence-corrected chi connectivity index (χ0v) is 13.4. The summed E-state index contributed by atoms with van der Waals surface area (Å²) in [5.74, 6) is 1.31. The van der Waals surface area contributed by atoms with E-state index in [1.807, 2.05) is 18.2 Å². The molecule has 1 fully saturated rings. The number of ether oxygens (including phenoxy) is 2. The van der Waals surface area contributed by atoms with Gasteiger partial charge in [-0.2, -0.15) is 0 Å². The molecule has 1 aromatic heterocycles. The molecule has 1 aromatic carbocycles. The minimum atomic E-state index is -0.644. The molecule has 8 heteroatoms. The van der Waals surface area contributed by atoms with Gasteiger partial charge in [0.2, 0.25) is 5.91 Å². The molecule has 0 saturated carbocycles. The molecule has 3 rings (SSSR count). The Morgan fingerprint density at radius 3 is 2.96 bits per heavy atom. The highest BCUT2D eigenvalue weighted by atomic mass is 16.5. The maximum Gasteiger partial charge on any atom is 0.226 e. The number of rotatable bonds is 6. The van der Waals surface area contributed by atoms with Crippen LogP contribution in [0.1, 0.15) is 12.5 Å². The topological polar surface area (TPSA) is 89.7 Å². The summed E-state index contributed by atoms with van der Waals surface area (Å²) in [6.45, 7) is 0.984. The van der Waals surface area contributed by atoms with E-state index in [2.05, 4.69) is 10.3 Å². The molecule has 1 amide bonds. The molecule has 128 valence electrons. The highest BCUT2D eigenvalue weighted by Crippen LogP contribution is 2.22. The summed E-state index contributed by atoms with van der Waals surface area (Å²) in [4.78, 5) is 13.9. The summed E-state index contributed by atoms with van der Waals surface area (Å²) >= 11 is 0. The molecule has 8 nitrogen and oxygen atoms in total. The minimum Gasteiger partial charge on any atom is -0.497 e. The second-order valence-electron chi connectivity index (χ2n) is 5.59. The van der Waals surface area contributed by atoms with Crippen molar-refractivity contribution in [1.29, 1.82) is 0 Å². The molecule has 0 unspecified atom stereocenters. The first kappa shape index (κ1) is 16.3. The highest BCUT2D eigenvalue weighted by Gasteiger charge is 2.35. The lowest BCUT2D eigenvalue weighted by atomic mass is 10.2. The fourth-order valence-electron chi connectivity index (χ4n) is 2.73. The highest BCUT2D eigenvalue weighted by molar-refractivity contribution is 5.76. The summed E-state index contributed by atoms with van der Waals surface area (Å²) < 4.78 is 12.3. The molecule has 1 saturated heterocycles. The number of likely N-dealkylation sites (tertiary alicyclic amines) is 1. The zero-order chi connectivity index (χ0) is 16.9. The van der Waals surface area contributed by atoms with Crippen LogP contribution in [0.3, 0.4) is 0 Å². The number of aliphatic hydroxyl groups is 1. The molecule has 2 heterocycles. The average molecular weight is 332 g/mol. The van der Waals surface area contributed by atoms with Crippen molar-refractivity contribution in [1.82, 2.24) is 19.9 Å². The number of hydrogen-bond acceptors (Lipinski definition) is 6. The summed E-state index contributed by atoms with van der Waals surface area (Å²) in [5, 5.41) is 17.7. The Morgan fingerprint density at radius 1 is 1.38 bits per heavy atom. The number of aliphatic hydroxyl groups excluding tert-OH is 1. The van der Waals surface area contributed by atoms with Crippen LogP contribution in [0, 0.1) is 0 Å². The van der Waals surface area contributed by atoms with Gasteiger partial charge >= 0.3 is 0 Å². The summed E-state index contributed by atoms with van der Waals surface area (Å²) in [6.07, 6.45) is 2.84. The van der Waals surface area contributed by atoms with Crippen molar-refractivity contribution in [2.24, 2.45) is 0 Å². The van der Waals surface area contributed by atoms with Crippen molar-refractivity contribution >= 4 is 5.91 Å². The zero-order valence-electron chi connectivity index (χ0n) is 13.4. The predicted molar refractivity (Wildman–Crippen MR) is 84.8 cm³/mol. The van der Waals surface area contributed by atoms with E-state index >= 15 is 0 Å². The van der Waals surface area contributed by atoms with Gasteiger partial charge in [0.1, 0.15) is 11.5 Å². The first-order chi connectivity index (χ1) is 11.7. The molecule has 0 spiro atoms. The van der Waals surface area contributed by atoms with Crippen molar-refractivity contribution in [2.45, 2.75) is 18.6 Å². The molecule has 24 heavy (non-hydrogen) atoms. The van der Waals surface area contributed by atoms with Gasteiger partial charge in [-0.05, 0) is 12.1 Å². The SMILES string of the molecule is COc1cccc(OCCC(=O)N2C[C@@H](O)[C@H](n3ccnn3)C2)c1. The number of amides is 1. The molecule has 1 N–H and O–H groups in total. The molecule has 0 aliphatic carbocycles. The molecule has 0 radical (unpaired) electrons. The first-order valence-electron chi connectivity index (χ1n) is 7.76. The summed E-state index contributed by atoms with van der Waals surface area (Å²) in [5.41, 5.74) is 0. The second kappa shape index (κ2) is 7.31. The Labute approximate surface area is 139 Å². The Bertz CT molecular complexity index is 676. The smallest absolute Gasteiger partial charge is 0.226 e. The minimum absolute atomic E-state index is 0.0560. The van der Waals surface area contributed by atoms with E-state index in [0.29, 0.717) is 24.6 Å². The number of benzene rings is 1. The van der Waals surface area contributed by atoms with Gasteiger partial charge in [-0.15, -0.1) is 5.10 Å². The molecule has 2 aromatic rings. The third-order valence-electron chi connectivity index (χ3n) is 4.02. The van der Waals surface area contributed by atoms with Gasteiger partial charge in [0.15, 0.2) is 0 Å². The second-order valence-corrected chi connectivity index (χ2v) is 5.59. The summed E-state index contributed by atoms with van der Waals surface area (Å²) in [7, 11) is 1.59. The number of hydrogen-bond donors (Lipinski definition) is 1. The monoisotopic (exact) mass is 332 g/mol. The van der Waals surface area contributed by atoms with E-state index in [-0.39, 0.29) is 25.0 Å². The number of aromatic nitrogens is 3. The standard InChI is InChI=1S/C16H20N4O4/c1-23-12-3-2-4-13(9-12)24-8-5-16(22)19-10-14(15(21)11-19)20-7-6-17-18-20/h2-4,6-7,9,14-15,21H,5,8,10-11H2,1H3/t14-,15-/m1/s1. The molecule has 2 atom stereocenters. The van der Waals surface area contributed by atoms with Gasteiger partial charge in [-0.3, -0.25) is 4.79 Å². The van der Waals surface area contributed by atoms with Gasteiger partial charge in [0.05, 0.1) is 38.5 Å². The maximum atomic E-state index is 12.3. The van der Waals surface area contributed by atoms with Crippen LogP contribution in [0.4, 0.5) is 0 Å². The van der Waals surface area contributed by atoms with Crippen LogP contribution in [-0.2, 0) is 4.79 Å². The number of β-amino-alcohol motifs (C(OH)–C–C–N with tert-alkyl or cyclic N) is 1. The molecule has 1 aliphatic heterocycles. The van der Waals surface area contributed by atoms with E-state index in [4.69, 9.17) is 9.47 Å². The lowest BCUT2D eigenvalue weighted by Crippen LogP contribution is -2.30. The third kappa shape index (κ3) is 3.65. The lowest BCUT2D eigenvalue weighted by molar-refractivity contribution is -0.131. The van der Waals surface area contributed by atoms with Crippen LogP contribution in [0.25, 0.3) is 0 Å². The largest absolute Gasteiger partial charge is 0.497 e. The van der Waals surface area contributed by atoms with E-state index < -0.39 is 6.10 Å². The van der Waals surface area contributed by atoms with E-state index in [0.717, 1.165) is 0 Å². The van der Waals surface area contributed by atoms with E-state index in [1.165, 1.54) is 0 Å². The normalized spacial score (nSPS) is 20.2. The Kier molecular flexibility index (Phi) is 4.95. The average Bonchev–Trinajstić information content (AvgIpc) is 3.24. The van der Waals surface area contributed by atoms with Gasteiger partial charge in [-0.25, -0.2) is 4.68 Å². The number of nitrogens with zero attached hydrogens (tertiary/aromatic N) is 4. The van der Waals surface area contributed by atoms with Crippen LogP contribution in [0.15, 0.2) is 36.7 Å². The predicted octanol–water partition coefficient (Wildman–Crippen LogP) is 0.500. The van der Waals surface area contributed by atoms with Crippen LogP contribution >= 0.6 is 0 Å². The molecule has 1 aliphatic rings. The quantitative estimate of drug-likeness (QED) is 0.828. The van der Waals surface area contributed by atoms with Gasteiger partial charge in [-0.1, -0.05) is 11.3 Å². The third-order valence-corrected chi connectivity index (χ3v) is 4.02. The lowest BCUT2D eigenvalue weighted by Gasteiger charge is -2.16. The van der Waals surface area contributed by atoms with Crippen molar-refractivity contribution in [3.63, 3.8) is 0 Å². The van der Waals surface area contributed by atoms with Crippen LogP contribution < -0.4 is 9.47 Å². The van der Waals surface area contributed by atoms with Crippen LogP contribution in [0.5, 0.6) is 11.5 Å².